The molecule has 1 rings (SSSR count). The lowest BCUT2D eigenvalue weighted by Gasteiger charge is -2.05. The summed E-state index contributed by atoms with van der Waals surface area (Å²) in [7, 11) is -3.27. The number of nitrogens with zero attached hydrogens (tertiary/aromatic N) is 4. The third-order valence-electron chi connectivity index (χ3n) is 2.42. The number of aromatic nitrogens is 1. The van der Waals surface area contributed by atoms with E-state index in [9.17, 15) is 8.42 Å². The Hall–Kier alpha value is -1.63. The number of aryl methyl sites for hydroxylation is 1. The molecule has 0 radical (unpaired) electrons. The fourth-order valence-corrected chi connectivity index (χ4v) is 2.51. The van der Waals surface area contributed by atoms with Crippen molar-refractivity contribution in [3.8, 4) is 0 Å². The van der Waals surface area contributed by atoms with Crippen LogP contribution in [0.4, 0.5) is 0 Å². The summed E-state index contributed by atoms with van der Waals surface area (Å²) in [6.07, 6.45) is 3.37. The Kier molecular flexibility index (Phi) is 6.88. The molecule has 0 amide bonds. The Labute approximate surface area is 112 Å². The topological polar surface area (TPSA) is 108 Å². The average molecular weight is 283 g/mol. The van der Waals surface area contributed by atoms with Crippen molar-refractivity contribution in [3.05, 3.63) is 40.5 Å². The molecule has 1 aromatic heterocycles. The molecular formula is C11H17N5O2S. The molecule has 0 unspecified atom stereocenters. The van der Waals surface area contributed by atoms with Crippen molar-refractivity contribution >= 4 is 10.0 Å². The summed E-state index contributed by atoms with van der Waals surface area (Å²) in [6, 6.07) is 5.42. The van der Waals surface area contributed by atoms with Crippen molar-refractivity contribution in [2.75, 3.05) is 18.8 Å². The molecule has 104 valence electrons. The van der Waals surface area contributed by atoms with Crippen LogP contribution in [0.1, 0.15) is 18.5 Å². The lowest BCUT2D eigenvalue weighted by molar-refractivity contribution is 0.576. The Morgan fingerprint density at radius 1 is 1.37 bits per heavy atom. The molecule has 0 atom stereocenters. The van der Waals surface area contributed by atoms with Crippen LogP contribution in [0.5, 0.6) is 0 Å². The van der Waals surface area contributed by atoms with Gasteiger partial charge in [0.05, 0.1) is 5.75 Å². The molecule has 0 bridgehead atoms. The molecule has 0 spiro atoms. The first-order valence-electron chi connectivity index (χ1n) is 6.02. The molecule has 7 nitrogen and oxygen atoms in total. The van der Waals surface area contributed by atoms with Crippen molar-refractivity contribution in [2.45, 2.75) is 19.3 Å². The molecule has 1 aromatic rings. The van der Waals surface area contributed by atoms with Crippen molar-refractivity contribution in [3.63, 3.8) is 0 Å². The number of nitrogens with one attached hydrogen (secondary N) is 1. The van der Waals surface area contributed by atoms with E-state index in [0.717, 1.165) is 5.69 Å². The van der Waals surface area contributed by atoms with Gasteiger partial charge in [0.15, 0.2) is 0 Å². The van der Waals surface area contributed by atoms with Gasteiger partial charge < -0.3 is 0 Å². The minimum Gasteiger partial charge on any atom is -0.261 e. The van der Waals surface area contributed by atoms with Gasteiger partial charge in [-0.3, -0.25) is 4.98 Å². The SMILES string of the molecule is [N-]=[N+]=NCCCCNS(=O)(=O)CCc1ccccn1. The zero-order valence-electron chi connectivity index (χ0n) is 10.6. The number of azide groups is 1. The molecular weight excluding hydrogens is 266 g/mol. The van der Waals surface area contributed by atoms with Crippen LogP contribution in [-0.2, 0) is 16.4 Å². The van der Waals surface area contributed by atoms with Gasteiger partial charge in [0.1, 0.15) is 0 Å². The van der Waals surface area contributed by atoms with E-state index in [4.69, 9.17) is 5.53 Å². The quantitative estimate of drug-likeness (QED) is 0.322. The van der Waals surface area contributed by atoms with E-state index < -0.39 is 10.0 Å². The fraction of sp³-hybridized carbons (Fsp3) is 0.545. The highest BCUT2D eigenvalue weighted by atomic mass is 32.2. The Morgan fingerprint density at radius 3 is 2.89 bits per heavy atom. The van der Waals surface area contributed by atoms with E-state index in [2.05, 4.69) is 19.7 Å². The average Bonchev–Trinajstić information content (AvgIpc) is 2.42. The number of sulfonamides is 1. The molecule has 0 saturated carbocycles. The first-order valence-corrected chi connectivity index (χ1v) is 7.67. The van der Waals surface area contributed by atoms with Gasteiger partial charge in [-0.1, -0.05) is 11.2 Å². The second-order valence-electron chi connectivity index (χ2n) is 3.95. The molecule has 1 heterocycles. The highest BCUT2D eigenvalue weighted by Crippen LogP contribution is 1.98. The molecule has 8 heteroatoms. The molecule has 19 heavy (non-hydrogen) atoms. The van der Waals surface area contributed by atoms with Gasteiger partial charge in [-0.2, -0.15) is 0 Å². The van der Waals surface area contributed by atoms with E-state index >= 15 is 0 Å². The zero-order chi connectivity index (χ0) is 14.0. The molecule has 0 aliphatic rings. The number of unbranched alkanes of at least 4 members (excludes halogenated alkanes) is 1. The zero-order valence-corrected chi connectivity index (χ0v) is 11.4. The standard InChI is InChI=1S/C11H17N5O2S/c12-16-14-8-3-4-9-15-19(17,18)10-6-11-5-1-2-7-13-11/h1-2,5,7,15H,3-4,6,8-10H2. The molecule has 0 fully saturated rings. The maximum atomic E-state index is 11.7. The lowest BCUT2D eigenvalue weighted by Crippen LogP contribution is -2.28. The van der Waals surface area contributed by atoms with Crippen LogP contribution in [-0.4, -0.2) is 32.2 Å². The fourth-order valence-electron chi connectivity index (χ4n) is 1.44. The highest BCUT2D eigenvalue weighted by Gasteiger charge is 2.09. The summed E-state index contributed by atoms with van der Waals surface area (Å²) < 4.78 is 25.9. The van der Waals surface area contributed by atoms with Crippen molar-refractivity contribution in [2.24, 2.45) is 5.11 Å². The van der Waals surface area contributed by atoms with E-state index in [0.29, 0.717) is 32.4 Å². The number of hydrogen-bond donors (Lipinski definition) is 1. The maximum Gasteiger partial charge on any atom is 0.211 e. The molecule has 1 N–H and O–H groups in total. The van der Waals surface area contributed by atoms with Crippen LogP contribution >= 0.6 is 0 Å². The van der Waals surface area contributed by atoms with Gasteiger partial charge in [-0.25, -0.2) is 13.1 Å². The maximum absolute atomic E-state index is 11.7. The molecule has 0 aliphatic carbocycles. The smallest absolute Gasteiger partial charge is 0.211 e. The summed E-state index contributed by atoms with van der Waals surface area (Å²) in [5, 5.41) is 3.38. The van der Waals surface area contributed by atoms with Crippen molar-refractivity contribution in [1.29, 1.82) is 0 Å². The van der Waals surface area contributed by atoms with Gasteiger partial charge in [-0.05, 0) is 30.5 Å². The summed E-state index contributed by atoms with van der Waals surface area (Å²) in [5.41, 5.74) is 8.83. The summed E-state index contributed by atoms with van der Waals surface area (Å²) in [5.74, 6) is 0.0281. The Morgan fingerprint density at radius 2 is 2.21 bits per heavy atom. The summed E-state index contributed by atoms with van der Waals surface area (Å²) in [6.45, 7) is 0.762. The van der Waals surface area contributed by atoms with Gasteiger partial charge in [-0.15, -0.1) is 0 Å². The van der Waals surface area contributed by atoms with Gasteiger partial charge in [0, 0.05) is 36.3 Å². The summed E-state index contributed by atoms with van der Waals surface area (Å²) in [4.78, 5) is 6.70. The Balaban J connectivity index is 2.23. The first kappa shape index (κ1) is 15.4. The van der Waals surface area contributed by atoms with Gasteiger partial charge >= 0.3 is 0 Å². The minimum atomic E-state index is -3.27. The largest absolute Gasteiger partial charge is 0.261 e. The van der Waals surface area contributed by atoms with Crippen molar-refractivity contribution in [1.82, 2.24) is 9.71 Å². The van der Waals surface area contributed by atoms with Crippen LogP contribution in [0, 0.1) is 0 Å². The lowest BCUT2D eigenvalue weighted by atomic mass is 10.3. The van der Waals surface area contributed by atoms with Crippen LogP contribution in [0.3, 0.4) is 0 Å². The van der Waals surface area contributed by atoms with Gasteiger partial charge in [0.25, 0.3) is 0 Å². The predicted molar refractivity (Wildman–Crippen MR) is 73.0 cm³/mol. The van der Waals surface area contributed by atoms with Crippen LogP contribution in [0.2, 0.25) is 0 Å². The van der Waals surface area contributed by atoms with Crippen LogP contribution in [0.15, 0.2) is 29.5 Å². The van der Waals surface area contributed by atoms with Crippen molar-refractivity contribution < 1.29 is 8.42 Å². The number of rotatable bonds is 9. The molecule has 0 aliphatic heterocycles. The van der Waals surface area contributed by atoms with E-state index in [1.165, 1.54) is 0 Å². The normalized spacial score (nSPS) is 10.9. The van der Waals surface area contributed by atoms with E-state index in [1.807, 2.05) is 6.07 Å². The Bertz CT molecular complexity index is 511. The van der Waals surface area contributed by atoms with Gasteiger partial charge in [0.2, 0.25) is 10.0 Å². The van der Waals surface area contributed by atoms with Crippen LogP contribution < -0.4 is 4.72 Å². The minimum absolute atomic E-state index is 0.0281. The highest BCUT2D eigenvalue weighted by molar-refractivity contribution is 7.89. The third kappa shape index (κ3) is 7.40. The number of hydrogen-bond acceptors (Lipinski definition) is 4. The predicted octanol–water partition coefficient (Wildman–Crippen LogP) is 1.63. The monoisotopic (exact) mass is 283 g/mol. The molecule has 0 aromatic carbocycles. The molecule has 0 saturated heterocycles. The second-order valence-corrected chi connectivity index (χ2v) is 5.87. The third-order valence-corrected chi connectivity index (χ3v) is 3.81. The number of pyridine rings is 1. The first-order chi connectivity index (χ1) is 9.14. The van der Waals surface area contributed by atoms with E-state index in [-0.39, 0.29) is 5.75 Å². The van der Waals surface area contributed by atoms with E-state index in [1.54, 1.807) is 18.3 Å². The summed E-state index contributed by atoms with van der Waals surface area (Å²) >= 11 is 0. The van der Waals surface area contributed by atoms with Crippen LogP contribution in [0.25, 0.3) is 10.4 Å². The second kappa shape index (κ2) is 8.47.